The number of ether oxygens (including phenoxy) is 3. The number of halogens is 1. The normalized spacial score (nSPS) is 11.2. The summed E-state index contributed by atoms with van der Waals surface area (Å²) in [5, 5.41) is 0. The largest absolute Gasteiger partial charge is 0.493 e. The van der Waals surface area contributed by atoms with Gasteiger partial charge in [-0.2, -0.15) is 12.6 Å². The molecule has 0 heterocycles. The van der Waals surface area contributed by atoms with Crippen LogP contribution in [0.2, 0.25) is 6.04 Å². The van der Waals surface area contributed by atoms with Crippen LogP contribution in [0.4, 0.5) is 0 Å². The summed E-state index contributed by atoms with van der Waals surface area (Å²) in [4.78, 5) is 0. The van der Waals surface area contributed by atoms with Crippen molar-refractivity contribution < 1.29 is 18.6 Å². The van der Waals surface area contributed by atoms with E-state index in [0.29, 0.717) is 26.4 Å². The molecule has 0 aliphatic rings. The zero-order chi connectivity index (χ0) is 16.0. The average molecular weight is 409 g/mol. The molecule has 0 atom stereocenters. The number of rotatable bonds is 13. The zero-order valence-corrected chi connectivity index (χ0v) is 16.9. The van der Waals surface area contributed by atoms with Gasteiger partial charge in [0.25, 0.3) is 0 Å². The van der Waals surface area contributed by atoms with Gasteiger partial charge in [0.15, 0.2) is 9.76 Å². The van der Waals surface area contributed by atoms with Crippen molar-refractivity contribution >= 4 is 38.3 Å². The summed E-state index contributed by atoms with van der Waals surface area (Å²) in [5.74, 6) is 2.53. The topological polar surface area (TPSA) is 36.9 Å². The number of thiol groups is 1. The summed E-state index contributed by atoms with van der Waals surface area (Å²) in [6.07, 6.45) is 2.01. The summed E-state index contributed by atoms with van der Waals surface area (Å²) in [6, 6.07) is 6.93. The van der Waals surface area contributed by atoms with Crippen LogP contribution in [-0.4, -0.2) is 49.1 Å². The highest BCUT2D eigenvalue weighted by Crippen LogP contribution is 2.29. The van der Waals surface area contributed by atoms with E-state index in [0.717, 1.165) is 34.6 Å². The van der Waals surface area contributed by atoms with Crippen LogP contribution in [-0.2, 0) is 9.16 Å². The first-order valence-corrected chi connectivity index (χ1v) is 10.5. The Morgan fingerprint density at radius 1 is 1.09 bits per heavy atom. The smallest absolute Gasteiger partial charge is 0.161 e. The number of hydrogen-bond donors (Lipinski definition) is 1. The second-order valence-corrected chi connectivity index (χ2v) is 7.50. The molecule has 22 heavy (non-hydrogen) atoms. The molecule has 0 bridgehead atoms. The van der Waals surface area contributed by atoms with Crippen molar-refractivity contribution in [3.05, 3.63) is 22.7 Å². The van der Waals surface area contributed by atoms with Crippen molar-refractivity contribution in [3.63, 3.8) is 0 Å². The lowest BCUT2D eigenvalue weighted by Crippen LogP contribution is -2.09. The van der Waals surface area contributed by atoms with Gasteiger partial charge < -0.3 is 18.6 Å². The van der Waals surface area contributed by atoms with Gasteiger partial charge in [-0.15, -0.1) is 0 Å². The molecule has 0 unspecified atom stereocenters. The predicted octanol–water partition coefficient (Wildman–Crippen LogP) is 3.08. The minimum Gasteiger partial charge on any atom is -0.493 e. The Labute approximate surface area is 149 Å². The Bertz CT molecular complexity index is 409. The highest BCUT2D eigenvalue weighted by molar-refractivity contribution is 9.10. The van der Waals surface area contributed by atoms with E-state index in [2.05, 4.69) is 28.6 Å². The van der Waals surface area contributed by atoms with Crippen LogP contribution in [0, 0.1) is 0 Å². The van der Waals surface area contributed by atoms with Crippen molar-refractivity contribution in [2.24, 2.45) is 0 Å². The van der Waals surface area contributed by atoms with E-state index in [-0.39, 0.29) is 0 Å². The molecule has 1 aromatic carbocycles. The van der Waals surface area contributed by atoms with E-state index in [1.807, 2.05) is 18.2 Å². The molecular formula is C15H25BrO4SSi. The van der Waals surface area contributed by atoms with Gasteiger partial charge in [0, 0.05) is 26.2 Å². The third-order valence-electron chi connectivity index (χ3n) is 2.85. The van der Waals surface area contributed by atoms with E-state index in [4.69, 9.17) is 18.6 Å². The molecule has 0 aromatic heterocycles. The van der Waals surface area contributed by atoms with Crippen LogP contribution in [0.3, 0.4) is 0 Å². The predicted molar refractivity (Wildman–Crippen MR) is 99.4 cm³/mol. The Morgan fingerprint density at radius 3 is 2.73 bits per heavy atom. The molecule has 0 spiro atoms. The van der Waals surface area contributed by atoms with Crippen molar-refractivity contribution in [2.45, 2.75) is 18.9 Å². The van der Waals surface area contributed by atoms with Crippen LogP contribution >= 0.6 is 28.6 Å². The summed E-state index contributed by atoms with van der Waals surface area (Å²) in [7, 11) is 1.28. The molecule has 0 aliphatic heterocycles. The van der Waals surface area contributed by atoms with E-state index >= 15 is 0 Å². The maximum atomic E-state index is 5.74. The molecular weight excluding hydrogens is 384 g/mol. The lowest BCUT2D eigenvalue weighted by atomic mass is 10.3. The summed E-state index contributed by atoms with van der Waals surface area (Å²) in [5.41, 5.74) is 0. The van der Waals surface area contributed by atoms with Gasteiger partial charge in [-0.3, -0.25) is 0 Å². The van der Waals surface area contributed by atoms with E-state index < -0.39 is 9.76 Å². The molecule has 0 N–H and O–H groups in total. The molecule has 0 radical (unpaired) electrons. The number of hydrogen-bond acceptors (Lipinski definition) is 5. The van der Waals surface area contributed by atoms with Gasteiger partial charge >= 0.3 is 0 Å². The average Bonchev–Trinajstić information content (AvgIpc) is 2.53. The van der Waals surface area contributed by atoms with Crippen LogP contribution in [0.15, 0.2) is 22.7 Å². The minimum absolute atomic E-state index is 0.411. The molecule has 0 amide bonds. The van der Waals surface area contributed by atoms with Crippen molar-refractivity contribution in [2.75, 3.05) is 39.3 Å². The first-order chi connectivity index (χ1) is 10.8. The second-order valence-electron chi connectivity index (χ2n) is 4.68. The van der Waals surface area contributed by atoms with Gasteiger partial charge in [-0.1, -0.05) is 0 Å². The lowest BCUT2D eigenvalue weighted by molar-refractivity contribution is 0.172. The summed E-state index contributed by atoms with van der Waals surface area (Å²) >= 11 is 7.67. The Kier molecular flexibility index (Phi) is 11.9. The van der Waals surface area contributed by atoms with Crippen LogP contribution in [0.25, 0.3) is 0 Å². The van der Waals surface area contributed by atoms with Crippen molar-refractivity contribution in [1.29, 1.82) is 0 Å². The molecule has 0 aliphatic carbocycles. The maximum absolute atomic E-state index is 5.74. The van der Waals surface area contributed by atoms with Gasteiger partial charge in [0.05, 0.1) is 17.7 Å². The summed E-state index contributed by atoms with van der Waals surface area (Å²) in [6.45, 7) is 2.53. The molecule has 0 fully saturated rings. The molecule has 7 heteroatoms. The number of benzene rings is 1. The minimum atomic E-state index is -0.411. The lowest BCUT2D eigenvalue weighted by Gasteiger charge is -2.11. The quantitative estimate of drug-likeness (QED) is 0.309. The Hall–Kier alpha value is -0.213. The first-order valence-electron chi connectivity index (χ1n) is 7.50. The Morgan fingerprint density at radius 2 is 1.95 bits per heavy atom. The fourth-order valence-corrected chi connectivity index (χ4v) is 3.69. The van der Waals surface area contributed by atoms with Gasteiger partial charge in [-0.05, 0) is 46.3 Å². The van der Waals surface area contributed by atoms with E-state index in [1.165, 1.54) is 6.04 Å². The monoisotopic (exact) mass is 408 g/mol. The standard InChI is InChI=1S/C15H25BrO4SSi/c1-17-6-2-7-18-13-4-5-14(16)15(12-13)19-8-9-20-22-11-3-10-21/h4-5,12,21H,2-3,6-11,22H2,1H3. The van der Waals surface area contributed by atoms with Crippen LogP contribution < -0.4 is 9.47 Å². The molecule has 126 valence electrons. The fourth-order valence-electron chi connectivity index (χ4n) is 1.71. The van der Waals surface area contributed by atoms with Crippen molar-refractivity contribution in [1.82, 2.24) is 0 Å². The molecule has 1 rings (SSSR count). The van der Waals surface area contributed by atoms with Crippen LogP contribution in [0.1, 0.15) is 12.8 Å². The molecule has 0 saturated heterocycles. The van der Waals surface area contributed by atoms with E-state index in [9.17, 15) is 0 Å². The maximum Gasteiger partial charge on any atom is 0.161 e. The highest BCUT2D eigenvalue weighted by atomic mass is 79.9. The van der Waals surface area contributed by atoms with Crippen LogP contribution in [0.5, 0.6) is 11.5 Å². The van der Waals surface area contributed by atoms with Crippen molar-refractivity contribution in [3.8, 4) is 11.5 Å². The second kappa shape index (κ2) is 13.2. The van der Waals surface area contributed by atoms with Gasteiger partial charge in [-0.25, -0.2) is 0 Å². The highest BCUT2D eigenvalue weighted by Gasteiger charge is 2.04. The first kappa shape index (κ1) is 19.8. The zero-order valence-electron chi connectivity index (χ0n) is 13.1. The third kappa shape index (κ3) is 9.04. The van der Waals surface area contributed by atoms with Gasteiger partial charge in [0.1, 0.15) is 18.1 Å². The Balaban J connectivity index is 2.26. The molecule has 1 aromatic rings. The van der Waals surface area contributed by atoms with E-state index in [1.54, 1.807) is 7.11 Å². The summed E-state index contributed by atoms with van der Waals surface area (Å²) < 4.78 is 23.0. The number of methoxy groups -OCH3 is 1. The third-order valence-corrected chi connectivity index (χ3v) is 5.18. The molecule has 4 nitrogen and oxygen atoms in total. The van der Waals surface area contributed by atoms with Gasteiger partial charge in [0.2, 0.25) is 0 Å². The SMILES string of the molecule is COCCCOc1ccc(Br)c(OCCO[SiH2]CCCS)c1. The fraction of sp³-hybridized carbons (Fsp3) is 0.600. The molecule has 0 saturated carbocycles.